The number of fused-ring (bicyclic) bond motifs is 1. The number of thiazole rings is 1. The number of aromatic nitrogens is 5. The lowest BCUT2D eigenvalue weighted by Crippen LogP contribution is -2.42. The van der Waals surface area contributed by atoms with Crippen LogP contribution in [0.3, 0.4) is 0 Å². The van der Waals surface area contributed by atoms with Gasteiger partial charge in [-0.2, -0.15) is 0 Å². The molecule has 0 atom stereocenters. The van der Waals surface area contributed by atoms with Crippen LogP contribution in [0.4, 0.5) is 5.13 Å². The van der Waals surface area contributed by atoms with Crippen molar-refractivity contribution in [1.82, 2.24) is 23.7 Å². The van der Waals surface area contributed by atoms with Crippen LogP contribution in [0.15, 0.2) is 45.6 Å². The Hall–Kier alpha value is -3.53. The van der Waals surface area contributed by atoms with E-state index in [0.717, 1.165) is 22.2 Å². The Balaban J connectivity index is 1.56. The van der Waals surface area contributed by atoms with Gasteiger partial charge in [0.15, 0.2) is 16.3 Å². The Labute approximate surface area is 175 Å². The normalized spacial score (nSPS) is 11.2. The third kappa shape index (κ3) is 3.45. The number of carbonyl (C=O) groups is 1. The lowest BCUT2D eigenvalue weighted by atomic mass is 10.1. The molecule has 10 heteroatoms. The maximum absolute atomic E-state index is 12.7. The number of imidazole rings is 1. The van der Waals surface area contributed by atoms with Gasteiger partial charge in [0.1, 0.15) is 6.54 Å². The third-order valence-electron chi connectivity index (χ3n) is 4.91. The molecule has 0 bridgehead atoms. The van der Waals surface area contributed by atoms with Crippen LogP contribution in [-0.2, 0) is 31.9 Å². The summed E-state index contributed by atoms with van der Waals surface area (Å²) >= 11 is 1.28. The predicted molar refractivity (Wildman–Crippen MR) is 116 cm³/mol. The molecule has 0 aliphatic heterocycles. The maximum atomic E-state index is 12.7. The van der Waals surface area contributed by atoms with E-state index in [1.807, 2.05) is 29.6 Å². The summed E-state index contributed by atoms with van der Waals surface area (Å²) in [6, 6.07) is 8.07. The molecule has 3 heterocycles. The van der Waals surface area contributed by atoms with Crippen molar-refractivity contribution in [3.05, 3.63) is 62.4 Å². The molecule has 1 amide bonds. The van der Waals surface area contributed by atoms with Crippen molar-refractivity contribution >= 4 is 33.5 Å². The van der Waals surface area contributed by atoms with Crippen molar-refractivity contribution in [2.75, 3.05) is 5.32 Å². The molecule has 0 unspecified atom stereocenters. The van der Waals surface area contributed by atoms with Crippen LogP contribution in [0.2, 0.25) is 0 Å². The minimum atomic E-state index is -0.600. The molecular weight excluding hydrogens is 404 g/mol. The summed E-state index contributed by atoms with van der Waals surface area (Å²) in [5, 5.41) is 4.93. The van der Waals surface area contributed by atoms with E-state index in [9.17, 15) is 14.4 Å². The number of amides is 1. The van der Waals surface area contributed by atoms with Gasteiger partial charge in [-0.25, -0.2) is 19.3 Å². The molecule has 0 aliphatic rings. The average molecular weight is 424 g/mol. The first kappa shape index (κ1) is 19.8. The zero-order valence-corrected chi connectivity index (χ0v) is 17.6. The Morgan fingerprint density at radius 2 is 1.90 bits per heavy atom. The molecule has 1 N–H and O–H groups in total. The van der Waals surface area contributed by atoms with Gasteiger partial charge in [-0.15, -0.1) is 11.3 Å². The van der Waals surface area contributed by atoms with E-state index in [1.165, 1.54) is 39.4 Å². The van der Waals surface area contributed by atoms with E-state index in [0.29, 0.717) is 5.13 Å². The molecule has 9 nitrogen and oxygen atoms in total. The first-order valence-electron chi connectivity index (χ1n) is 9.34. The van der Waals surface area contributed by atoms with Crippen LogP contribution < -0.4 is 16.6 Å². The molecule has 0 saturated carbocycles. The van der Waals surface area contributed by atoms with Crippen molar-refractivity contribution in [3.63, 3.8) is 0 Å². The third-order valence-corrected chi connectivity index (χ3v) is 5.67. The molecule has 1 aromatic carbocycles. The van der Waals surface area contributed by atoms with Crippen LogP contribution in [0.5, 0.6) is 0 Å². The van der Waals surface area contributed by atoms with Gasteiger partial charge in [0.25, 0.3) is 5.56 Å². The second-order valence-corrected chi connectivity index (χ2v) is 7.76. The fourth-order valence-corrected chi connectivity index (χ4v) is 3.95. The summed E-state index contributed by atoms with van der Waals surface area (Å²) in [7, 11) is 3.18. The minimum absolute atomic E-state index is 0.261. The van der Waals surface area contributed by atoms with E-state index in [-0.39, 0.29) is 11.2 Å². The van der Waals surface area contributed by atoms with Gasteiger partial charge < -0.3 is 9.88 Å². The van der Waals surface area contributed by atoms with Gasteiger partial charge in [-0.3, -0.25) is 14.2 Å². The molecule has 30 heavy (non-hydrogen) atoms. The second-order valence-electron chi connectivity index (χ2n) is 6.90. The minimum Gasteiger partial charge on any atom is -0.328 e. The van der Waals surface area contributed by atoms with E-state index < -0.39 is 23.7 Å². The summed E-state index contributed by atoms with van der Waals surface area (Å²) in [5.41, 5.74) is 2.33. The second kappa shape index (κ2) is 7.71. The van der Waals surface area contributed by atoms with Crippen LogP contribution in [-0.4, -0.2) is 29.6 Å². The molecule has 0 radical (unpaired) electrons. The Morgan fingerprint density at radius 1 is 1.17 bits per heavy atom. The standard InChI is InChI=1S/C20H20N6O3S/c1-4-12-5-7-13(8-6-12)14-10-30-19(22-14)23-15(27)9-26-18(28)16-17(21-11-24(16)2)25(3)20(26)29/h5-8,10-11H,4,9H2,1-3H3,(H,22,23,27). The zero-order valence-electron chi connectivity index (χ0n) is 16.7. The average Bonchev–Trinajstić information content (AvgIpc) is 3.36. The topological polar surface area (TPSA) is 104 Å². The molecule has 0 aliphatic carbocycles. The highest BCUT2D eigenvalue weighted by molar-refractivity contribution is 7.14. The number of hydrogen-bond acceptors (Lipinski definition) is 6. The summed E-state index contributed by atoms with van der Waals surface area (Å²) in [6.07, 6.45) is 2.42. The first-order valence-corrected chi connectivity index (χ1v) is 10.2. The van der Waals surface area contributed by atoms with Crippen LogP contribution >= 0.6 is 11.3 Å². The molecule has 0 saturated heterocycles. The highest BCUT2D eigenvalue weighted by Gasteiger charge is 2.17. The number of anilines is 1. The number of nitrogens with one attached hydrogen (secondary N) is 1. The fourth-order valence-electron chi connectivity index (χ4n) is 3.21. The highest BCUT2D eigenvalue weighted by Crippen LogP contribution is 2.25. The summed E-state index contributed by atoms with van der Waals surface area (Å²) < 4.78 is 3.69. The Bertz CT molecular complexity index is 1360. The Morgan fingerprint density at radius 3 is 2.60 bits per heavy atom. The van der Waals surface area contributed by atoms with Crippen LogP contribution in [0.1, 0.15) is 12.5 Å². The molecular formula is C20H20N6O3S. The highest BCUT2D eigenvalue weighted by atomic mass is 32.1. The van der Waals surface area contributed by atoms with Crippen LogP contribution in [0, 0.1) is 0 Å². The van der Waals surface area contributed by atoms with Crippen molar-refractivity contribution in [3.8, 4) is 11.3 Å². The van der Waals surface area contributed by atoms with Gasteiger partial charge in [0.05, 0.1) is 12.0 Å². The number of aryl methyl sites for hydroxylation is 3. The predicted octanol–water partition coefficient (Wildman–Crippen LogP) is 1.76. The number of carbonyl (C=O) groups excluding carboxylic acids is 1. The lowest BCUT2D eigenvalue weighted by Gasteiger charge is -2.08. The smallest absolute Gasteiger partial charge is 0.328 e. The molecule has 4 rings (SSSR count). The van der Waals surface area contributed by atoms with Gasteiger partial charge >= 0.3 is 5.69 Å². The van der Waals surface area contributed by atoms with E-state index >= 15 is 0 Å². The zero-order chi connectivity index (χ0) is 21.4. The molecule has 154 valence electrons. The van der Waals surface area contributed by atoms with Crippen molar-refractivity contribution in [2.24, 2.45) is 14.1 Å². The van der Waals surface area contributed by atoms with E-state index in [4.69, 9.17) is 0 Å². The number of hydrogen-bond donors (Lipinski definition) is 1. The van der Waals surface area contributed by atoms with E-state index in [1.54, 1.807) is 7.05 Å². The SMILES string of the molecule is CCc1ccc(-c2csc(NC(=O)Cn3c(=O)c4c(ncn4C)n(C)c3=O)n2)cc1. The maximum Gasteiger partial charge on any atom is 0.332 e. The molecule has 0 spiro atoms. The number of benzene rings is 1. The number of rotatable bonds is 5. The van der Waals surface area contributed by atoms with Gasteiger partial charge in [-0.1, -0.05) is 31.2 Å². The molecule has 3 aromatic heterocycles. The molecule has 4 aromatic rings. The van der Waals surface area contributed by atoms with Gasteiger partial charge in [0, 0.05) is 25.0 Å². The summed E-state index contributed by atoms with van der Waals surface area (Å²) in [4.78, 5) is 46.3. The van der Waals surface area contributed by atoms with Crippen molar-refractivity contribution < 1.29 is 4.79 Å². The van der Waals surface area contributed by atoms with Gasteiger partial charge in [0.2, 0.25) is 5.91 Å². The summed E-state index contributed by atoms with van der Waals surface area (Å²) in [6.45, 7) is 1.68. The molecule has 0 fully saturated rings. The summed E-state index contributed by atoms with van der Waals surface area (Å²) in [5.74, 6) is -0.502. The quantitative estimate of drug-likeness (QED) is 0.526. The van der Waals surface area contributed by atoms with Crippen molar-refractivity contribution in [2.45, 2.75) is 19.9 Å². The first-order chi connectivity index (χ1) is 14.4. The fraction of sp³-hybridized carbons (Fsp3) is 0.250. The Kier molecular flexibility index (Phi) is 5.08. The largest absolute Gasteiger partial charge is 0.332 e. The monoisotopic (exact) mass is 424 g/mol. The van der Waals surface area contributed by atoms with Gasteiger partial charge in [-0.05, 0) is 12.0 Å². The van der Waals surface area contributed by atoms with Crippen LogP contribution in [0.25, 0.3) is 22.4 Å². The van der Waals surface area contributed by atoms with Crippen molar-refractivity contribution in [1.29, 1.82) is 0 Å². The lowest BCUT2D eigenvalue weighted by molar-refractivity contribution is -0.116. The van der Waals surface area contributed by atoms with E-state index in [2.05, 4.69) is 22.2 Å². The number of nitrogens with zero attached hydrogens (tertiary/aromatic N) is 5.